The Hall–Kier alpha value is -0.610. The van der Waals surface area contributed by atoms with E-state index in [1.807, 2.05) is 0 Å². The fourth-order valence-electron chi connectivity index (χ4n) is 2.22. The highest BCUT2D eigenvalue weighted by molar-refractivity contribution is 5.81. The molecule has 1 fully saturated rings. The first-order valence-electron chi connectivity index (χ1n) is 5.91. The van der Waals surface area contributed by atoms with Crippen molar-refractivity contribution in [2.75, 3.05) is 6.54 Å². The zero-order chi connectivity index (χ0) is 11.3. The Labute approximate surface area is 91.8 Å². The van der Waals surface area contributed by atoms with Crippen molar-refractivity contribution >= 4 is 5.91 Å². The molecule has 0 aliphatic heterocycles. The van der Waals surface area contributed by atoms with Crippen molar-refractivity contribution in [3.63, 3.8) is 0 Å². The van der Waals surface area contributed by atoms with Crippen molar-refractivity contribution in [2.24, 2.45) is 17.4 Å². The molecule has 0 heterocycles. The molecule has 1 amide bonds. The first kappa shape index (κ1) is 12.5. The van der Waals surface area contributed by atoms with Gasteiger partial charge in [-0.15, -0.1) is 0 Å². The Morgan fingerprint density at radius 3 is 2.47 bits per heavy atom. The van der Waals surface area contributed by atoms with E-state index in [2.05, 4.69) is 5.32 Å². The Morgan fingerprint density at radius 1 is 1.40 bits per heavy atom. The summed E-state index contributed by atoms with van der Waals surface area (Å²) in [7, 11) is 0. The minimum absolute atomic E-state index is 0.0870. The SMILES string of the molecule is C[C@@H](N)C(=O)NC(CN)C1CCCCC1. The lowest BCUT2D eigenvalue weighted by Crippen LogP contribution is -2.50. The van der Waals surface area contributed by atoms with Gasteiger partial charge in [0.25, 0.3) is 0 Å². The van der Waals surface area contributed by atoms with Crippen LogP contribution in [0.3, 0.4) is 0 Å². The van der Waals surface area contributed by atoms with Gasteiger partial charge in [0, 0.05) is 12.6 Å². The van der Waals surface area contributed by atoms with E-state index in [-0.39, 0.29) is 11.9 Å². The summed E-state index contributed by atoms with van der Waals surface area (Å²) in [6.07, 6.45) is 6.20. The van der Waals surface area contributed by atoms with Crippen molar-refractivity contribution in [3.8, 4) is 0 Å². The predicted octanol–water partition coefficient (Wildman–Crippen LogP) is 0.357. The van der Waals surface area contributed by atoms with E-state index in [0.29, 0.717) is 12.5 Å². The lowest BCUT2D eigenvalue weighted by molar-refractivity contribution is -0.123. The molecule has 1 aliphatic carbocycles. The fraction of sp³-hybridized carbons (Fsp3) is 0.909. The van der Waals surface area contributed by atoms with E-state index >= 15 is 0 Å². The molecule has 0 bridgehead atoms. The maximum absolute atomic E-state index is 11.5. The molecule has 0 aromatic rings. The summed E-state index contributed by atoms with van der Waals surface area (Å²) >= 11 is 0. The third kappa shape index (κ3) is 3.80. The molecule has 4 nitrogen and oxygen atoms in total. The van der Waals surface area contributed by atoms with Crippen LogP contribution in [-0.4, -0.2) is 24.5 Å². The van der Waals surface area contributed by atoms with Gasteiger partial charge in [-0.2, -0.15) is 0 Å². The number of nitrogens with one attached hydrogen (secondary N) is 1. The van der Waals surface area contributed by atoms with E-state index < -0.39 is 6.04 Å². The molecule has 2 atom stereocenters. The largest absolute Gasteiger partial charge is 0.350 e. The summed E-state index contributed by atoms with van der Waals surface area (Å²) in [6, 6.07) is -0.327. The first-order chi connectivity index (χ1) is 7.15. The zero-order valence-electron chi connectivity index (χ0n) is 9.54. The number of rotatable bonds is 4. The number of amides is 1. The third-order valence-corrected chi connectivity index (χ3v) is 3.21. The summed E-state index contributed by atoms with van der Waals surface area (Å²) in [5.74, 6) is 0.461. The average molecular weight is 213 g/mol. The number of hydrogen-bond donors (Lipinski definition) is 3. The molecule has 15 heavy (non-hydrogen) atoms. The lowest BCUT2D eigenvalue weighted by Gasteiger charge is -2.30. The van der Waals surface area contributed by atoms with Crippen LogP contribution in [0.25, 0.3) is 0 Å². The zero-order valence-corrected chi connectivity index (χ0v) is 9.54. The van der Waals surface area contributed by atoms with Gasteiger partial charge in [-0.1, -0.05) is 19.3 Å². The second-order valence-electron chi connectivity index (χ2n) is 4.54. The molecule has 0 saturated heterocycles. The van der Waals surface area contributed by atoms with Crippen LogP contribution < -0.4 is 16.8 Å². The fourth-order valence-corrected chi connectivity index (χ4v) is 2.22. The lowest BCUT2D eigenvalue weighted by atomic mass is 9.84. The second kappa shape index (κ2) is 6.08. The van der Waals surface area contributed by atoms with Crippen molar-refractivity contribution in [1.82, 2.24) is 5.32 Å². The molecular weight excluding hydrogens is 190 g/mol. The van der Waals surface area contributed by atoms with Crippen LogP contribution in [0.15, 0.2) is 0 Å². The molecule has 0 aromatic carbocycles. The van der Waals surface area contributed by atoms with E-state index in [9.17, 15) is 4.79 Å². The molecule has 4 heteroatoms. The van der Waals surface area contributed by atoms with Crippen LogP contribution in [0.1, 0.15) is 39.0 Å². The highest BCUT2D eigenvalue weighted by Crippen LogP contribution is 2.26. The predicted molar refractivity (Wildman–Crippen MR) is 61.2 cm³/mol. The first-order valence-corrected chi connectivity index (χ1v) is 5.91. The van der Waals surface area contributed by atoms with E-state index in [4.69, 9.17) is 11.5 Å². The topological polar surface area (TPSA) is 81.1 Å². The normalized spacial score (nSPS) is 22.1. The van der Waals surface area contributed by atoms with Crippen LogP contribution >= 0.6 is 0 Å². The van der Waals surface area contributed by atoms with Gasteiger partial charge in [-0.3, -0.25) is 4.79 Å². The second-order valence-corrected chi connectivity index (χ2v) is 4.54. The van der Waals surface area contributed by atoms with Crippen molar-refractivity contribution in [3.05, 3.63) is 0 Å². The molecule has 0 radical (unpaired) electrons. The van der Waals surface area contributed by atoms with Crippen molar-refractivity contribution < 1.29 is 4.79 Å². The van der Waals surface area contributed by atoms with E-state index in [1.165, 1.54) is 32.1 Å². The Balaban J connectivity index is 2.43. The maximum Gasteiger partial charge on any atom is 0.236 e. The summed E-state index contributed by atoms with van der Waals surface area (Å²) < 4.78 is 0. The van der Waals surface area contributed by atoms with Gasteiger partial charge >= 0.3 is 0 Å². The maximum atomic E-state index is 11.5. The number of hydrogen-bond acceptors (Lipinski definition) is 3. The number of carbonyl (C=O) groups is 1. The highest BCUT2D eigenvalue weighted by Gasteiger charge is 2.24. The summed E-state index contributed by atoms with van der Waals surface area (Å²) in [5.41, 5.74) is 11.2. The van der Waals surface area contributed by atoms with Crippen LogP contribution in [0.5, 0.6) is 0 Å². The standard InChI is InChI=1S/C11H23N3O/c1-8(13)11(15)14-10(7-12)9-5-3-2-4-6-9/h8-10H,2-7,12-13H2,1H3,(H,14,15)/t8-,10?/m1/s1. The monoisotopic (exact) mass is 213 g/mol. The van der Waals surface area contributed by atoms with Crippen molar-refractivity contribution in [2.45, 2.75) is 51.1 Å². The van der Waals surface area contributed by atoms with Crippen LogP contribution in [-0.2, 0) is 4.79 Å². The molecule has 5 N–H and O–H groups in total. The van der Waals surface area contributed by atoms with Gasteiger partial charge < -0.3 is 16.8 Å². The molecule has 1 unspecified atom stereocenters. The molecule has 0 spiro atoms. The Kier molecular flexibility index (Phi) is 5.05. The van der Waals surface area contributed by atoms with Crippen molar-refractivity contribution in [1.29, 1.82) is 0 Å². The Bertz CT molecular complexity index is 200. The van der Waals surface area contributed by atoms with Crippen LogP contribution in [0.2, 0.25) is 0 Å². The molecule has 1 aliphatic rings. The Morgan fingerprint density at radius 2 is 2.00 bits per heavy atom. The minimum atomic E-state index is -0.442. The molecule has 0 aromatic heterocycles. The summed E-state index contributed by atoms with van der Waals surface area (Å²) in [4.78, 5) is 11.5. The van der Waals surface area contributed by atoms with E-state index in [0.717, 1.165) is 0 Å². The van der Waals surface area contributed by atoms with Gasteiger partial charge in [-0.25, -0.2) is 0 Å². The van der Waals surface area contributed by atoms with Crippen LogP contribution in [0.4, 0.5) is 0 Å². The molecular formula is C11H23N3O. The van der Waals surface area contributed by atoms with Gasteiger partial charge in [0.05, 0.1) is 6.04 Å². The molecule has 88 valence electrons. The van der Waals surface area contributed by atoms with Gasteiger partial charge in [-0.05, 0) is 25.7 Å². The minimum Gasteiger partial charge on any atom is -0.350 e. The van der Waals surface area contributed by atoms with Gasteiger partial charge in [0.15, 0.2) is 0 Å². The summed E-state index contributed by atoms with van der Waals surface area (Å²) in [5, 5.41) is 2.95. The number of nitrogens with two attached hydrogens (primary N) is 2. The third-order valence-electron chi connectivity index (χ3n) is 3.21. The quantitative estimate of drug-likeness (QED) is 0.630. The van der Waals surface area contributed by atoms with Crippen LogP contribution in [0, 0.1) is 5.92 Å². The molecule has 1 saturated carbocycles. The van der Waals surface area contributed by atoms with Gasteiger partial charge in [0.2, 0.25) is 5.91 Å². The number of carbonyl (C=O) groups excluding carboxylic acids is 1. The van der Waals surface area contributed by atoms with Gasteiger partial charge in [0.1, 0.15) is 0 Å². The smallest absolute Gasteiger partial charge is 0.236 e. The summed E-state index contributed by atoms with van der Waals surface area (Å²) in [6.45, 7) is 2.22. The molecule has 1 rings (SSSR count). The van der Waals surface area contributed by atoms with E-state index in [1.54, 1.807) is 6.92 Å². The average Bonchev–Trinajstić information content (AvgIpc) is 2.26. The highest BCUT2D eigenvalue weighted by atomic mass is 16.2.